The Kier molecular flexibility index (Phi) is 3.97. The van der Waals surface area contributed by atoms with Gasteiger partial charge in [0.15, 0.2) is 11.5 Å². The Morgan fingerprint density at radius 2 is 1.77 bits per heavy atom. The van der Waals surface area contributed by atoms with E-state index in [-0.39, 0.29) is 22.0 Å². The minimum absolute atomic E-state index is 0.168. The van der Waals surface area contributed by atoms with E-state index in [9.17, 15) is 9.18 Å². The number of benzene rings is 1. The molecule has 0 amide bonds. The Hall–Kier alpha value is -3.12. The molecule has 0 radical (unpaired) electrons. The molecule has 0 spiro atoms. The van der Waals surface area contributed by atoms with Crippen molar-refractivity contribution in [3.63, 3.8) is 0 Å². The van der Waals surface area contributed by atoms with Gasteiger partial charge in [-0.3, -0.25) is 4.79 Å². The maximum Gasteiger partial charge on any atom is 0.249 e. The molecule has 0 aliphatic carbocycles. The minimum atomic E-state index is -0.510. The van der Waals surface area contributed by atoms with Crippen LogP contribution in [-0.2, 0) is 0 Å². The summed E-state index contributed by atoms with van der Waals surface area (Å²) in [6.45, 7) is 1.54. The van der Waals surface area contributed by atoms with Crippen LogP contribution in [-0.4, -0.2) is 19.9 Å². The largest absolute Gasteiger partial charge is 0.305 e. The molecule has 3 heterocycles. The molecular formula is C19H12ClFN4O. The van der Waals surface area contributed by atoms with Gasteiger partial charge in [0.25, 0.3) is 0 Å². The van der Waals surface area contributed by atoms with Crippen molar-refractivity contribution < 1.29 is 4.39 Å². The molecule has 0 aliphatic rings. The number of pyridine rings is 2. The number of rotatable bonds is 2. The molecule has 0 bridgehead atoms. The predicted octanol–water partition coefficient (Wildman–Crippen LogP) is 4.15. The molecule has 5 nitrogen and oxygen atoms in total. The van der Waals surface area contributed by atoms with Crippen molar-refractivity contribution >= 4 is 22.8 Å². The fourth-order valence-corrected chi connectivity index (χ4v) is 2.98. The highest BCUT2D eigenvalue weighted by Crippen LogP contribution is 2.33. The third-order valence-electron chi connectivity index (χ3n) is 3.95. The van der Waals surface area contributed by atoms with Gasteiger partial charge in [-0.25, -0.2) is 19.3 Å². The van der Waals surface area contributed by atoms with Crippen molar-refractivity contribution in [2.24, 2.45) is 0 Å². The maximum atomic E-state index is 14.8. The van der Waals surface area contributed by atoms with Crippen LogP contribution in [0.5, 0.6) is 0 Å². The smallest absolute Gasteiger partial charge is 0.249 e. The zero-order valence-corrected chi connectivity index (χ0v) is 14.4. The second-order valence-corrected chi connectivity index (χ2v) is 6.12. The minimum Gasteiger partial charge on any atom is -0.305 e. The number of hydrogen-bond donors (Lipinski definition) is 1. The number of halogens is 2. The van der Waals surface area contributed by atoms with Gasteiger partial charge >= 0.3 is 0 Å². The van der Waals surface area contributed by atoms with Crippen molar-refractivity contribution in [1.29, 1.82) is 0 Å². The molecule has 26 heavy (non-hydrogen) atoms. The molecule has 1 aromatic carbocycles. The van der Waals surface area contributed by atoms with E-state index in [0.717, 1.165) is 5.56 Å². The highest BCUT2D eigenvalue weighted by atomic mass is 35.5. The van der Waals surface area contributed by atoms with Gasteiger partial charge in [-0.1, -0.05) is 41.9 Å². The predicted molar refractivity (Wildman–Crippen MR) is 98.5 cm³/mol. The van der Waals surface area contributed by atoms with Gasteiger partial charge in [0.1, 0.15) is 16.4 Å². The van der Waals surface area contributed by atoms with Crippen LogP contribution in [0.3, 0.4) is 0 Å². The summed E-state index contributed by atoms with van der Waals surface area (Å²) in [7, 11) is 0. The first-order valence-corrected chi connectivity index (χ1v) is 8.20. The molecule has 128 valence electrons. The average Bonchev–Trinajstić information content (AvgIpc) is 2.64. The monoisotopic (exact) mass is 366 g/mol. The zero-order chi connectivity index (χ0) is 18.3. The van der Waals surface area contributed by atoms with E-state index < -0.39 is 5.82 Å². The maximum absolute atomic E-state index is 14.8. The fourth-order valence-electron chi connectivity index (χ4n) is 2.75. The number of aryl methyl sites for hydroxylation is 1. The lowest BCUT2D eigenvalue weighted by Gasteiger charge is -2.12. The second-order valence-electron chi connectivity index (χ2n) is 5.74. The highest BCUT2D eigenvalue weighted by Gasteiger charge is 2.19. The van der Waals surface area contributed by atoms with E-state index in [4.69, 9.17) is 11.6 Å². The van der Waals surface area contributed by atoms with Gasteiger partial charge in [-0.15, -0.1) is 0 Å². The van der Waals surface area contributed by atoms with E-state index in [2.05, 4.69) is 19.9 Å². The standard InChI is InChI=1S/C19H12ClFN4O/c1-10-16(21)12(9-14(20)22-10)18-17(11-5-3-2-4-6-11)25-19-13(23-18)7-8-15(26)24-19/h2-9H,1H3,(H,24,25,26). The molecule has 0 aliphatic heterocycles. The van der Waals surface area contributed by atoms with Gasteiger partial charge in [-0.2, -0.15) is 0 Å². The van der Waals surface area contributed by atoms with Gasteiger partial charge in [0.2, 0.25) is 5.56 Å². The van der Waals surface area contributed by atoms with E-state index in [0.29, 0.717) is 22.6 Å². The van der Waals surface area contributed by atoms with Crippen LogP contribution in [0.25, 0.3) is 33.7 Å². The van der Waals surface area contributed by atoms with E-state index >= 15 is 0 Å². The lowest BCUT2D eigenvalue weighted by molar-refractivity contribution is 0.613. The third-order valence-corrected chi connectivity index (χ3v) is 4.15. The van der Waals surface area contributed by atoms with Gasteiger partial charge in [0, 0.05) is 17.2 Å². The number of H-pyrrole nitrogens is 1. The molecule has 7 heteroatoms. The van der Waals surface area contributed by atoms with Crippen LogP contribution in [0.1, 0.15) is 5.69 Å². The summed E-state index contributed by atoms with van der Waals surface area (Å²) >= 11 is 6.04. The number of fused-ring (bicyclic) bond motifs is 1. The first-order chi connectivity index (χ1) is 12.5. The second kappa shape index (κ2) is 6.31. The molecule has 0 fully saturated rings. The van der Waals surface area contributed by atoms with Crippen LogP contribution in [0, 0.1) is 12.7 Å². The van der Waals surface area contributed by atoms with Gasteiger partial charge in [-0.05, 0) is 19.1 Å². The van der Waals surface area contributed by atoms with Crippen LogP contribution >= 0.6 is 11.6 Å². The molecule has 4 rings (SSSR count). The Morgan fingerprint density at radius 3 is 2.54 bits per heavy atom. The highest BCUT2D eigenvalue weighted by molar-refractivity contribution is 6.29. The molecule has 0 unspecified atom stereocenters. The Balaban J connectivity index is 2.11. The normalized spacial score (nSPS) is 11.0. The van der Waals surface area contributed by atoms with E-state index in [1.165, 1.54) is 12.1 Å². The fraction of sp³-hybridized carbons (Fsp3) is 0.0526. The Morgan fingerprint density at radius 1 is 1.00 bits per heavy atom. The first kappa shape index (κ1) is 16.4. The van der Waals surface area contributed by atoms with Gasteiger partial charge in [0.05, 0.1) is 11.4 Å². The number of aromatic amines is 1. The van der Waals surface area contributed by atoms with Crippen LogP contribution < -0.4 is 5.56 Å². The summed E-state index contributed by atoms with van der Waals surface area (Å²) in [6, 6.07) is 13.6. The molecule has 1 N–H and O–H groups in total. The van der Waals surface area contributed by atoms with Crippen molar-refractivity contribution in [3.05, 3.63) is 75.5 Å². The number of nitrogens with one attached hydrogen (secondary N) is 1. The number of hydrogen-bond acceptors (Lipinski definition) is 4. The van der Waals surface area contributed by atoms with E-state index in [1.807, 2.05) is 30.3 Å². The van der Waals surface area contributed by atoms with Crippen molar-refractivity contribution in [1.82, 2.24) is 19.9 Å². The Bertz CT molecular complexity index is 1190. The van der Waals surface area contributed by atoms with Gasteiger partial charge < -0.3 is 4.98 Å². The lowest BCUT2D eigenvalue weighted by Crippen LogP contribution is -2.07. The zero-order valence-electron chi connectivity index (χ0n) is 13.6. The molecule has 0 saturated carbocycles. The summed E-state index contributed by atoms with van der Waals surface area (Å²) in [5.74, 6) is -0.510. The summed E-state index contributed by atoms with van der Waals surface area (Å²) in [6.07, 6.45) is 0. The summed E-state index contributed by atoms with van der Waals surface area (Å²) in [4.78, 5) is 27.3. The average molecular weight is 367 g/mol. The summed E-state index contributed by atoms with van der Waals surface area (Å²) in [5.41, 5.74) is 2.40. The van der Waals surface area contributed by atoms with Crippen molar-refractivity contribution in [2.45, 2.75) is 6.92 Å². The molecule has 0 atom stereocenters. The first-order valence-electron chi connectivity index (χ1n) is 7.82. The van der Waals surface area contributed by atoms with Crippen LogP contribution in [0.4, 0.5) is 4.39 Å². The quantitative estimate of drug-likeness (QED) is 0.541. The van der Waals surface area contributed by atoms with Crippen LogP contribution in [0.15, 0.2) is 53.3 Å². The summed E-state index contributed by atoms with van der Waals surface area (Å²) < 4.78 is 14.8. The Labute approximate surface area is 152 Å². The third kappa shape index (κ3) is 2.84. The SMILES string of the molecule is Cc1nc(Cl)cc(-c2nc3ccc(=O)[nH]c3nc2-c2ccccc2)c1F. The summed E-state index contributed by atoms with van der Waals surface area (Å²) in [5, 5.41) is 0.168. The van der Waals surface area contributed by atoms with E-state index in [1.54, 1.807) is 13.0 Å². The molecular weight excluding hydrogens is 355 g/mol. The topological polar surface area (TPSA) is 71.5 Å². The molecule has 4 aromatic rings. The lowest BCUT2D eigenvalue weighted by atomic mass is 10.0. The van der Waals surface area contributed by atoms with Crippen molar-refractivity contribution in [2.75, 3.05) is 0 Å². The molecule has 3 aromatic heterocycles. The number of aromatic nitrogens is 4. The number of nitrogens with zero attached hydrogens (tertiary/aromatic N) is 3. The van der Waals surface area contributed by atoms with Crippen molar-refractivity contribution in [3.8, 4) is 22.5 Å². The van der Waals surface area contributed by atoms with Crippen LogP contribution in [0.2, 0.25) is 5.15 Å². The molecule has 0 saturated heterocycles.